The molecule has 0 bridgehead atoms. The number of rotatable bonds is 4. The number of hydrogen-bond acceptors (Lipinski definition) is 4. The van der Waals surface area contributed by atoms with Gasteiger partial charge < -0.3 is 0 Å². The van der Waals surface area contributed by atoms with Crippen molar-refractivity contribution in [2.24, 2.45) is 0 Å². The minimum atomic E-state index is 0.683. The molecule has 3 aromatic heterocycles. The van der Waals surface area contributed by atoms with Crippen LogP contribution in [0.3, 0.4) is 0 Å². The van der Waals surface area contributed by atoms with E-state index in [2.05, 4.69) is 114 Å². The highest BCUT2D eigenvalue weighted by Gasteiger charge is 2.17. The average Bonchev–Trinajstić information content (AvgIpc) is 3.15. The molecule has 0 spiro atoms. The Morgan fingerprint density at radius 3 is 1.54 bits per heavy atom. The first-order chi connectivity index (χ1) is 22.8. The van der Waals surface area contributed by atoms with Crippen LogP contribution < -0.4 is 0 Å². The Kier molecular flexibility index (Phi) is 6.10. The molecule has 4 heteroatoms. The van der Waals surface area contributed by atoms with Crippen molar-refractivity contribution < 1.29 is 0 Å². The molecule has 46 heavy (non-hydrogen) atoms. The zero-order chi connectivity index (χ0) is 30.5. The van der Waals surface area contributed by atoms with E-state index < -0.39 is 0 Å². The van der Waals surface area contributed by atoms with Crippen molar-refractivity contribution in [2.45, 2.75) is 0 Å². The molecule has 0 N–H and O–H groups in total. The third-order valence-corrected chi connectivity index (χ3v) is 8.76. The van der Waals surface area contributed by atoms with E-state index in [-0.39, 0.29) is 0 Å². The van der Waals surface area contributed by atoms with Gasteiger partial charge in [0.1, 0.15) is 0 Å². The fraction of sp³-hybridized carbons (Fsp3) is 0. The normalized spacial score (nSPS) is 11.5. The standard InChI is InChI=1S/C42H26N4/c1-3-11-27(12-4-1)37-25-38(28-13-5-2-6-14-28)45-42(44-37)30-21-19-29(20-22-30)40-36-26-43-24-23-34(36)39-33-17-9-7-15-31(33)32-16-8-10-18-35(32)41(39)46-40/h1-26H. The van der Waals surface area contributed by atoms with Crippen molar-refractivity contribution in [3.8, 4) is 45.2 Å². The van der Waals surface area contributed by atoms with Crippen LogP contribution in [0.2, 0.25) is 0 Å². The lowest BCUT2D eigenvalue weighted by atomic mass is 9.93. The van der Waals surface area contributed by atoms with E-state index in [0.717, 1.165) is 66.4 Å². The van der Waals surface area contributed by atoms with Crippen LogP contribution in [0.1, 0.15) is 0 Å². The smallest absolute Gasteiger partial charge is 0.160 e. The van der Waals surface area contributed by atoms with E-state index >= 15 is 0 Å². The van der Waals surface area contributed by atoms with Crippen LogP contribution in [0, 0.1) is 0 Å². The van der Waals surface area contributed by atoms with Gasteiger partial charge in [0.05, 0.1) is 22.6 Å². The van der Waals surface area contributed by atoms with E-state index in [1.165, 1.54) is 16.2 Å². The lowest BCUT2D eigenvalue weighted by Crippen LogP contribution is -1.96. The number of fused-ring (bicyclic) bond motifs is 8. The fourth-order valence-electron chi connectivity index (χ4n) is 6.57. The Balaban J connectivity index is 1.23. The molecule has 214 valence electrons. The van der Waals surface area contributed by atoms with Crippen LogP contribution in [0.15, 0.2) is 158 Å². The summed E-state index contributed by atoms with van der Waals surface area (Å²) in [5.41, 5.74) is 7.76. The van der Waals surface area contributed by atoms with Crippen LogP contribution in [0.25, 0.3) is 88.4 Å². The Bertz CT molecular complexity index is 2500. The Morgan fingerprint density at radius 1 is 0.370 bits per heavy atom. The monoisotopic (exact) mass is 586 g/mol. The van der Waals surface area contributed by atoms with E-state index in [1.807, 2.05) is 48.8 Å². The van der Waals surface area contributed by atoms with Gasteiger partial charge in [0.25, 0.3) is 0 Å². The second kappa shape index (κ2) is 10.7. The molecule has 0 aliphatic carbocycles. The number of benzene rings is 6. The summed E-state index contributed by atoms with van der Waals surface area (Å²) in [5, 5.41) is 8.11. The first-order valence-electron chi connectivity index (χ1n) is 15.4. The molecule has 9 aromatic rings. The van der Waals surface area contributed by atoms with Gasteiger partial charge >= 0.3 is 0 Å². The van der Waals surface area contributed by atoms with Crippen molar-refractivity contribution in [1.82, 2.24) is 19.9 Å². The van der Waals surface area contributed by atoms with Crippen LogP contribution in [-0.2, 0) is 0 Å². The molecule has 0 aliphatic heterocycles. The highest BCUT2D eigenvalue weighted by molar-refractivity contribution is 6.31. The molecule has 3 heterocycles. The summed E-state index contributed by atoms with van der Waals surface area (Å²) in [4.78, 5) is 20.0. The number of nitrogens with zero attached hydrogens (tertiary/aromatic N) is 4. The Labute approximate surface area is 265 Å². The third kappa shape index (κ3) is 4.31. The third-order valence-electron chi connectivity index (χ3n) is 8.76. The Hall–Kier alpha value is -6.26. The summed E-state index contributed by atoms with van der Waals surface area (Å²) in [6.07, 6.45) is 3.81. The molecule has 0 fully saturated rings. The zero-order valence-corrected chi connectivity index (χ0v) is 24.8. The Morgan fingerprint density at radius 2 is 0.891 bits per heavy atom. The molecule has 0 radical (unpaired) electrons. The lowest BCUT2D eigenvalue weighted by molar-refractivity contribution is 1.18. The van der Waals surface area contributed by atoms with Gasteiger partial charge in [0, 0.05) is 50.8 Å². The average molecular weight is 587 g/mol. The van der Waals surface area contributed by atoms with Crippen LogP contribution in [0.5, 0.6) is 0 Å². The molecule has 0 unspecified atom stereocenters. The largest absolute Gasteiger partial charge is 0.264 e. The van der Waals surface area contributed by atoms with Gasteiger partial charge in [-0.3, -0.25) is 4.98 Å². The number of pyridine rings is 2. The molecule has 0 aliphatic rings. The fourth-order valence-corrected chi connectivity index (χ4v) is 6.57. The maximum absolute atomic E-state index is 5.39. The van der Waals surface area contributed by atoms with Gasteiger partial charge in [-0.05, 0) is 33.7 Å². The van der Waals surface area contributed by atoms with E-state index in [4.69, 9.17) is 15.0 Å². The maximum Gasteiger partial charge on any atom is 0.160 e. The molecular weight excluding hydrogens is 560 g/mol. The lowest BCUT2D eigenvalue weighted by Gasteiger charge is -2.15. The van der Waals surface area contributed by atoms with Crippen LogP contribution in [0.4, 0.5) is 0 Å². The summed E-state index contributed by atoms with van der Waals surface area (Å²) < 4.78 is 0. The number of aromatic nitrogens is 4. The summed E-state index contributed by atoms with van der Waals surface area (Å²) in [6, 6.07) is 50.3. The van der Waals surface area contributed by atoms with Crippen LogP contribution >= 0.6 is 0 Å². The highest BCUT2D eigenvalue weighted by Crippen LogP contribution is 2.40. The predicted octanol–water partition coefficient (Wildman–Crippen LogP) is 10.5. The first kappa shape index (κ1) is 26.2. The van der Waals surface area contributed by atoms with E-state index in [1.54, 1.807) is 0 Å². The molecule has 6 aromatic carbocycles. The molecule has 0 saturated carbocycles. The second-order valence-electron chi connectivity index (χ2n) is 11.5. The molecule has 9 rings (SSSR count). The SMILES string of the molecule is c1ccc(-c2cc(-c3ccccc3)nc(-c3ccc(-c4nc5c6ccccc6c6ccccc6c5c5ccncc45)cc3)n2)cc1. The van der Waals surface area contributed by atoms with Crippen molar-refractivity contribution in [2.75, 3.05) is 0 Å². The van der Waals surface area contributed by atoms with Gasteiger partial charge in [0.2, 0.25) is 0 Å². The second-order valence-corrected chi connectivity index (χ2v) is 11.5. The minimum Gasteiger partial charge on any atom is -0.264 e. The van der Waals surface area contributed by atoms with Crippen molar-refractivity contribution in [1.29, 1.82) is 0 Å². The molecule has 4 nitrogen and oxygen atoms in total. The van der Waals surface area contributed by atoms with Crippen LogP contribution in [-0.4, -0.2) is 19.9 Å². The van der Waals surface area contributed by atoms with Gasteiger partial charge in [-0.15, -0.1) is 0 Å². The van der Waals surface area contributed by atoms with E-state index in [0.29, 0.717) is 5.82 Å². The summed E-state index contributed by atoms with van der Waals surface area (Å²) in [7, 11) is 0. The number of hydrogen-bond donors (Lipinski definition) is 0. The van der Waals surface area contributed by atoms with Gasteiger partial charge in [-0.2, -0.15) is 0 Å². The van der Waals surface area contributed by atoms with Gasteiger partial charge in [-0.25, -0.2) is 15.0 Å². The van der Waals surface area contributed by atoms with Crippen molar-refractivity contribution in [3.05, 3.63) is 158 Å². The molecular formula is C42H26N4. The highest BCUT2D eigenvalue weighted by atomic mass is 14.9. The molecule has 0 atom stereocenters. The predicted molar refractivity (Wildman–Crippen MR) is 189 cm³/mol. The summed E-state index contributed by atoms with van der Waals surface area (Å²) in [5.74, 6) is 0.683. The first-order valence-corrected chi connectivity index (χ1v) is 15.4. The van der Waals surface area contributed by atoms with Gasteiger partial charge in [0.15, 0.2) is 5.82 Å². The van der Waals surface area contributed by atoms with Gasteiger partial charge in [-0.1, -0.05) is 133 Å². The van der Waals surface area contributed by atoms with Crippen molar-refractivity contribution in [3.63, 3.8) is 0 Å². The summed E-state index contributed by atoms with van der Waals surface area (Å²) in [6.45, 7) is 0. The summed E-state index contributed by atoms with van der Waals surface area (Å²) >= 11 is 0. The molecule has 0 saturated heterocycles. The van der Waals surface area contributed by atoms with Crippen molar-refractivity contribution >= 4 is 43.2 Å². The maximum atomic E-state index is 5.39. The zero-order valence-electron chi connectivity index (χ0n) is 24.8. The quantitative estimate of drug-likeness (QED) is 0.193. The topological polar surface area (TPSA) is 51.6 Å². The minimum absolute atomic E-state index is 0.683. The van der Waals surface area contributed by atoms with E-state index in [9.17, 15) is 0 Å². The molecule has 0 amide bonds.